The first kappa shape index (κ1) is 14.9. The van der Waals surface area contributed by atoms with Crippen LogP contribution in [0, 0.1) is 0 Å². The van der Waals surface area contributed by atoms with E-state index in [1.54, 1.807) is 12.1 Å². The number of amides is 2. The smallest absolute Gasteiger partial charge is 0.323 e. The van der Waals surface area contributed by atoms with E-state index in [9.17, 15) is 14.4 Å². The summed E-state index contributed by atoms with van der Waals surface area (Å²) in [6.45, 7) is -0.656. The number of halogens is 2. The summed E-state index contributed by atoms with van der Waals surface area (Å²) in [7, 11) is 0. The summed E-state index contributed by atoms with van der Waals surface area (Å²) in [4.78, 5) is 34.9. The lowest BCUT2D eigenvalue weighted by atomic mass is 10.2. The van der Waals surface area contributed by atoms with E-state index in [0.29, 0.717) is 32.3 Å². The Balaban J connectivity index is 2.30. The third-order valence-corrected chi connectivity index (χ3v) is 3.89. The Morgan fingerprint density at radius 1 is 1.35 bits per heavy atom. The summed E-state index contributed by atoms with van der Waals surface area (Å²) in [6.07, 6.45) is 1.44. The van der Waals surface area contributed by atoms with Crippen molar-refractivity contribution in [2.24, 2.45) is 0 Å². The van der Waals surface area contributed by atoms with Crippen LogP contribution in [-0.2, 0) is 9.59 Å². The van der Waals surface area contributed by atoms with Crippen LogP contribution in [0.25, 0.3) is 6.08 Å². The molecule has 1 N–H and O–H groups in total. The zero-order chi connectivity index (χ0) is 14.9. The summed E-state index contributed by atoms with van der Waals surface area (Å²) >= 11 is 12.4. The highest BCUT2D eigenvalue weighted by Crippen LogP contribution is 2.33. The molecule has 1 aliphatic heterocycles. The van der Waals surface area contributed by atoms with E-state index in [1.165, 1.54) is 12.1 Å². The molecule has 1 fully saturated rings. The van der Waals surface area contributed by atoms with Gasteiger partial charge in [0.15, 0.2) is 0 Å². The van der Waals surface area contributed by atoms with Crippen molar-refractivity contribution in [3.8, 4) is 0 Å². The fourth-order valence-electron chi connectivity index (χ4n) is 1.53. The van der Waals surface area contributed by atoms with Gasteiger partial charge in [-0.2, -0.15) is 0 Å². The van der Waals surface area contributed by atoms with E-state index < -0.39 is 23.7 Å². The first-order valence-electron chi connectivity index (χ1n) is 5.30. The molecule has 1 heterocycles. The average Bonchev–Trinajstić information content (AvgIpc) is 2.60. The highest BCUT2D eigenvalue weighted by atomic mass is 35.5. The molecule has 0 spiro atoms. The van der Waals surface area contributed by atoms with E-state index in [1.807, 2.05) is 0 Å². The van der Waals surface area contributed by atoms with Gasteiger partial charge in [0, 0.05) is 10.0 Å². The van der Waals surface area contributed by atoms with Crippen LogP contribution in [0.15, 0.2) is 23.1 Å². The van der Waals surface area contributed by atoms with E-state index in [2.05, 4.69) is 0 Å². The molecule has 2 amide bonds. The van der Waals surface area contributed by atoms with Crippen molar-refractivity contribution in [1.29, 1.82) is 0 Å². The Labute approximate surface area is 128 Å². The minimum Gasteiger partial charge on any atom is -0.480 e. The van der Waals surface area contributed by atoms with Crippen molar-refractivity contribution in [1.82, 2.24) is 4.90 Å². The van der Waals surface area contributed by atoms with Crippen molar-refractivity contribution in [3.63, 3.8) is 0 Å². The SMILES string of the molecule is O=C(O)CN1C(=O)S/C(=C\c2ccc(Cl)cc2Cl)C1=O. The summed E-state index contributed by atoms with van der Waals surface area (Å²) in [5.41, 5.74) is 0.525. The quantitative estimate of drug-likeness (QED) is 0.861. The Morgan fingerprint density at radius 3 is 2.65 bits per heavy atom. The highest BCUT2D eigenvalue weighted by molar-refractivity contribution is 8.18. The monoisotopic (exact) mass is 331 g/mol. The molecule has 8 heteroatoms. The van der Waals surface area contributed by atoms with Gasteiger partial charge in [0.25, 0.3) is 11.1 Å². The van der Waals surface area contributed by atoms with Crippen LogP contribution in [0.4, 0.5) is 4.79 Å². The molecule has 0 atom stereocenters. The summed E-state index contributed by atoms with van der Waals surface area (Å²) in [5, 5.41) is 8.82. The minimum absolute atomic E-state index is 0.125. The van der Waals surface area contributed by atoms with Crippen LogP contribution in [0.3, 0.4) is 0 Å². The predicted molar refractivity (Wildman–Crippen MR) is 76.8 cm³/mol. The fourth-order valence-corrected chi connectivity index (χ4v) is 2.82. The number of carbonyl (C=O) groups excluding carboxylic acids is 2. The number of carboxylic acid groups (broad SMARTS) is 1. The zero-order valence-corrected chi connectivity index (χ0v) is 12.1. The second-order valence-electron chi connectivity index (χ2n) is 3.83. The molecule has 0 aliphatic carbocycles. The van der Waals surface area contributed by atoms with Crippen LogP contribution in [0.2, 0.25) is 10.0 Å². The lowest BCUT2D eigenvalue weighted by Gasteiger charge is -2.07. The van der Waals surface area contributed by atoms with Crippen molar-refractivity contribution < 1.29 is 19.5 Å². The predicted octanol–water partition coefficient (Wildman–Crippen LogP) is 3.11. The molecule has 1 saturated heterocycles. The standard InChI is InChI=1S/C12H7Cl2NO4S/c13-7-2-1-6(8(14)4-7)3-9-11(18)15(5-10(16)17)12(19)20-9/h1-4H,5H2,(H,16,17)/b9-3-. The molecule has 1 aromatic carbocycles. The molecule has 1 aromatic rings. The second kappa shape index (κ2) is 5.87. The molecule has 5 nitrogen and oxygen atoms in total. The van der Waals surface area contributed by atoms with Gasteiger partial charge < -0.3 is 5.11 Å². The van der Waals surface area contributed by atoms with Gasteiger partial charge in [-0.3, -0.25) is 19.3 Å². The second-order valence-corrected chi connectivity index (χ2v) is 5.66. The Morgan fingerprint density at radius 2 is 2.05 bits per heavy atom. The first-order valence-corrected chi connectivity index (χ1v) is 6.88. The lowest BCUT2D eigenvalue weighted by molar-refractivity contribution is -0.140. The molecule has 0 radical (unpaired) electrons. The highest BCUT2D eigenvalue weighted by Gasteiger charge is 2.36. The third-order valence-electron chi connectivity index (χ3n) is 2.42. The molecular formula is C12H7Cl2NO4S. The van der Waals surface area contributed by atoms with Crippen LogP contribution in [-0.4, -0.2) is 33.7 Å². The molecule has 20 heavy (non-hydrogen) atoms. The lowest BCUT2D eigenvalue weighted by Crippen LogP contribution is -2.33. The van der Waals surface area contributed by atoms with Gasteiger partial charge in [-0.1, -0.05) is 29.3 Å². The van der Waals surface area contributed by atoms with Crippen LogP contribution in [0.1, 0.15) is 5.56 Å². The summed E-state index contributed by atoms with van der Waals surface area (Å²) < 4.78 is 0. The average molecular weight is 332 g/mol. The molecule has 1 aliphatic rings. The summed E-state index contributed by atoms with van der Waals surface area (Å²) in [5.74, 6) is -1.90. The number of benzene rings is 1. The van der Waals surface area contributed by atoms with Gasteiger partial charge in [0.2, 0.25) is 0 Å². The maximum Gasteiger partial charge on any atom is 0.323 e. The number of aliphatic carboxylic acids is 1. The van der Waals surface area contributed by atoms with Crippen LogP contribution < -0.4 is 0 Å². The number of rotatable bonds is 3. The number of nitrogens with zero attached hydrogens (tertiary/aromatic N) is 1. The largest absolute Gasteiger partial charge is 0.480 e. The number of carbonyl (C=O) groups is 3. The number of hydrogen-bond donors (Lipinski definition) is 1. The van der Waals surface area contributed by atoms with E-state index in [4.69, 9.17) is 28.3 Å². The number of hydrogen-bond acceptors (Lipinski definition) is 4. The third kappa shape index (κ3) is 3.15. The van der Waals surface area contributed by atoms with Gasteiger partial charge in [-0.25, -0.2) is 0 Å². The van der Waals surface area contributed by atoms with Gasteiger partial charge >= 0.3 is 5.97 Å². The maximum absolute atomic E-state index is 11.9. The van der Waals surface area contributed by atoms with E-state index >= 15 is 0 Å². The Hall–Kier alpha value is -1.50. The molecule has 0 saturated carbocycles. The molecule has 0 aromatic heterocycles. The first-order chi connectivity index (χ1) is 9.38. The van der Waals surface area contributed by atoms with Crippen molar-refractivity contribution >= 4 is 58.2 Å². The van der Waals surface area contributed by atoms with E-state index in [0.717, 1.165) is 0 Å². The van der Waals surface area contributed by atoms with Crippen LogP contribution in [0.5, 0.6) is 0 Å². The maximum atomic E-state index is 11.9. The fraction of sp³-hybridized carbons (Fsp3) is 0.0833. The van der Waals surface area contributed by atoms with E-state index in [-0.39, 0.29) is 4.91 Å². The normalized spacial score (nSPS) is 17.1. The van der Waals surface area contributed by atoms with Crippen LogP contribution >= 0.6 is 35.0 Å². The zero-order valence-electron chi connectivity index (χ0n) is 9.80. The topological polar surface area (TPSA) is 74.7 Å². The van der Waals surface area contributed by atoms with Gasteiger partial charge in [0.05, 0.1) is 4.91 Å². The molecule has 104 valence electrons. The van der Waals surface area contributed by atoms with Gasteiger partial charge in [0.1, 0.15) is 6.54 Å². The molecule has 2 rings (SSSR count). The van der Waals surface area contributed by atoms with Crippen molar-refractivity contribution in [2.45, 2.75) is 0 Å². The number of imide groups is 1. The molecule has 0 unspecified atom stereocenters. The molecular weight excluding hydrogens is 325 g/mol. The number of thioether (sulfide) groups is 1. The number of carboxylic acids is 1. The van der Waals surface area contributed by atoms with Crippen molar-refractivity contribution in [3.05, 3.63) is 38.7 Å². The Bertz CT molecular complexity index is 644. The van der Waals surface area contributed by atoms with Gasteiger partial charge in [-0.05, 0) is 35.5 Å². The summed E-state index contributed by atoms with van der Waals surface area (Å²) in [6, 6.07) is 4.72. The minimum atomic E-state index is -1.25. The Kier molecular flexibility index (Phi) is 4.37. The van der Waals surface area contributed by atoms with Crippen molar-refractivity contribution in [2.75, 3.05) is 6.54 Å². The van der Waals surface area contributed by atoms with Gasteiger partial charge in [-0.15, -0.1) is 0 Å². The molecule has 0 bridgehead atoms.